The molecular weight excluding hydrogens is 412 g/mol. The maximum absolute atomic E-state index is 13.4. The van der Waals surface area contributed by atoms with Crippen LogP contribution in [0.4, 0.5) is 4.79 Å². The zero-order valence-corrected chi connectivity index (χ0v) is 19.5. The van der Waals surface area contributed by atoms with E-state index in [1.54, 1.807) is 0 Å². The molecule has 0 spiro atoms. The van der Waals surface area contributed by atoms with Crippen LogP contribution in [0.2, 0.25) is 0 Å². The van der Waals surface area contributed by atoms with Crippen LogP contribution in [0.3, 0.4) is 0 Å². The van der Waals surface area contributed by atoms with Gasteiger partial charge in [0.2, 0.25) is 0 Å². The molecule has 0 aliphatic heterocycles. The molecule has 5 nitrogen and oxygen atoms in total. The third-order valence-electron chi connectivity index (χ3n) is 6.58. The van der Waals surface area contributed by atoms with Crippen molar-refractivity contribution in [2.45, 2.75) is 64.1 Å². The number of ether oxygens (including phenoxy) is 1. The third kappa shape index (κ3) is 4.20. The number of hydrogen-bond acceptors (Lipinski definition) is 3. The minimum Gasteiger partial charge on any atom is -0.444 e. The second kappa shape index (κ2) is 7.91. The molecule has 33 heavy (non-hydrogen) atoms. The first-order valence-corrected chi connectivity index (χ1v) is 11.7. The van der Waals surface area contributed by atoms with Gasteiger partial charge in [0.1, 0.15) is 5.60 Å². The lowest BCUT2D eigenvalue weighted by Crippen LogP contribution is -2.36. The summed E-state index contributed by atoms with van der Waals surface area (Å²) in [6.45, 7) is 5.70. The molecule has 2 aliphatic rings. The quantitative estimate of drug-likeness (QED) is 0.557. The summed E-state index contributed by atoms with van der Waals surface area (Å²) in [6.07, 6.45) is 3.54. The summed E-state index contributed by atoms with van der Waals surface area (Å²) in [5.74, 6) is -0.114. The molecule has 0 aromatic heterocycles. The highest BCUT2D eigenvalue weighted by Crippen LogP contribution is 2.49. The smallest absolute Gasteiger partial charge is 0.407 e. The van der Waals surface area contributed by atoms with E-state index in [2.05, 4.69) is 41.0 Å². The lowest BCUT2D eigenvalue weighted by Gasteiger charge is -2.22. The Hall–Kier alpha value is -3.34. The molecule has 2 N–H and O–H groups in total. The topological polar surface area (TPSA) is 67.4 Å². The fraction of sp³-hybridized carbons (Fsp3) is 0.357. The number of hydrogen-bond donors (Lipinski definition) is 2. The Balaban J connectivity index is 1.37. The number of carbonyl (C=O) groups is 2. The van der Waals surface area contributed by atoms with Gasteiger partial charge in [0.05, 0.1) is 5.54 Å². The average Bonchev–Trinajstić information content (AvgIpc) is 3.42. The Morgan fingerprint density at radius 3 is 2.39 bits per heavy atom. The van der Waals surface area contributed by atoms with E-state index in [0.717, 1.165) is 31.2 Å². The van der Waals surface area contributed by atoms with E-state index in [1.807, 2.05) is 45.0 Å². The first kappa shape index (κ1) is 21.5. The Morgan fingerprint density at radius 1 is 0.939 bits per heavy atom. The van der Waals surface area contributed by atoms with Crippen molar-refractivity contribution in [3.05, 3.63) is 82.4 Å². The van der Waals surface area contributed by atoms with Crippen molar-refractivity contribution in [2.75, 3.05) is 0 Å². The summed E-state index contributed by atoms with van der Waals surface area (Å²) in [7, 11) is 0. The number of rotatable bonds is 5. The summed E-state index contributed by atoms with van der Waals surface area (Å²) in [4.78, 5) is 25.5. The molecular formula is C28H30N2O3. The van der Waals surface area contributed by atoms with E-state index < -0.39 is 11.7 Å². The van der Waals surface area contributed by atoms with Gasteiger partial charge in [0.15, 0.2) is 0 Å². The average molecular weight is 443 g/mol. The Bertz CT molecular complexity index is 1240. The van der Waals surface area contributed by atoms with Crippen LogP contribution in [0, 0.1) is 0 Å². The molecule has 3 aromatic carbocycles. The summed E-state index contributed by atoms with van der Waals surface area (Å²) in [6, 6.07) is 18.4. The zero-order valence-electron chi connectivity index (χ0n) is 19.5. The Labute approximate surface area is 194 Å². The number of amides is 2. The van der Waals surface area contributed by atoms with Crippen LogP contribution in [-0.2, 0) is 29.7 Å². The van der Waals surface area contributed by atoms with Crippen LogP contribution in [0.25, 0.3) is 10.8 Å². The number of alkyl carbamates (subject to hydrolysis) is 1. The standard InChI is InChI=1S/C28H30N2O3/c1-27(2,3)33-26(32)29-17-20-7-4-5-9-21(20)25(31)30-28(15-16-28)23-14-13-19-12-11-18-8-6-10-22(23)24(18)19/h4-10,13-14H,11-12,15-17H2,1-3H3,(H,29,32)(H,30,31). The van der Waals surface area contributed by atoms with Crippen molar-refractivity contribution in [3.63, 3.8) is 0 Å². The maximum Gasteiger partial charge on any atom is 0.407 e. The lowest BCUT2D eigenvalue weighted by molar-refractivity contribution is 0.0522. The fourth-order valence-electron chi connectivity index (χ4n) is 4.91. The minimum atomic E-state index is -0.570. The maximum atomic E-state index is 13.4. The lowest BCUT2D eigenvalue weighted by atomic mass is 9.93. The molecule has 5 heteroatoms. The number of carbonyl (C=O) groups excluding carboxylic acids is 2. The molecule has 0 bridgehead atoms. The normalized spacial score (nSPS) is 15.8. The van der Waals surface area contributed by atoms with Crippen molar-refractivity contribution in [3.8, 4) is 0 Å². The molecule has 170 valence electrons. The molecule has 1 fully saturated rings. The molecule has 2 amide bonds. The van der Waals surface area contributed by atoms with Crippen LogP contribution < -0.4 is 10.6 Å². The second-order valence-corrected chi connectivity index (χ2v) is 10.2. The van der Waals surface area contributed by atoms with Gasteiger partial charge in [0.25, 0.3) is 5.91 Å². The van der Waals surface area contributed by atoms with Crippen molar-refractivity contribution in [2.24, 2.45) is 0 Å². The van der Waals surface area contributed by atoms with Crippen molar-refractivity contribution < 1.29 is 14.3 Å². The van der Waals surface area contributed by atoms with Gasteiger partial charge in [-0.05, 0) is 85.5 Å². The van der Waals surface area contributed by atoms with Crippen LogP contribution in [-0.4, -0.2) is 17.6 Å². The molecule has 1 saturated carbocycles. The first-order chi connectivity index (χ1) is 15.8. The summed E-state index contributed by atoms with van der Waals surface area (Å²) in [5.41, 5.74) is 4.46. The van der Waals surface area contributed by atoms with Crippen LogP contribution in [0.5, 0.6) is 0 Å². The largest absolute Gasteiger partial charge is 0.444 e. The zero-order chi connectivity index (χ0) is 23.2. The molecule has 0 unspecified atom stereocenters. The summed E-state index contributed by atoms with van der Waals surface area (Å²) >= 11 is 0. The molecule has 0 saturated heterocycles. The predicted molar refractivity (Wildman–Crippen MR) is 129 cm³/mol. The van der Waals surface area contributed by atoms with Crippen molar-refractivity contribution in [1.29, 1.82) is 0 Å². The highest BCUT2D eigenvalue weighted by Gasteiger charge is 2.47. The van der Waals surface area contributed by atoms with E-state index in [-0.39, 0.29) is 18.0 Å². The van der Waals surface area contributed by atoms with E-state index in [9.17, 15) is 9.59 Å². The van der Waals surface area contributed by atoms with Crippen molar-refractivity contribution >= 4 is 22.8 Å². The molecule has 0 heterocycles. The van der Waals surface area contributed by atoms with Crippen LogP contribution in [0.1, 0.15) is 66.2 Å². The van der Waals surface area contributed by atoms with Gasteiger partial charge in [-0.1, -0.05) is 48.5 Å². The Kier molecular flexibility index (Phi) is 5.15. The monoisotopic (exact) mass is 442 g/mol. The van der Waals surface area contributed by atoms with Gasteiger partial charge < -0.3 is 15.4 Å². The van der Waals surface area contributed by atoms with Crippen molar-refractivity contribution in [1.82, 2.24) is 10.6 Å². The predicted octanol–water partition coefficient (Wildman–Crippen LogP) is 5.38. The number of benzene rings is 3. The third-order valence-corrected chi connectivity index (χ3v) is 6.58. The fourth-order valence-corrected chi connectivity index (χ4v) is 4.91. The minimum absolute atomic E-state index is 0.114. The van der Waals surface area contributed by atoms with Crippen LogP contribution in [0.15, 0.2) is 54.6 Å². The van der Waals surface area contributed by atoms with Gasteiger partial charge in [-0.15, -0.1) is 0 Å². The van der Waals surface area contributed by atoms with Gasteiger partial charge in [-0.25, -0.2) is 4.79 Å². The molecule has 3 aromatic rings. The SMILES string of the molecule is CC(C)(C)OC(=O)NCc1ccccc1C(=O)NC1(c2ccc3c4c(cccc24)CC3)CC1. The highest BCUT2D eigenvalue weighted by atomic mass is 16.6. The molecule has 0 radical (unpaired) electrons. The summed E-state index contributed by atoms with van der Waals surface area (Å²) < 4.78 is 5.32. The van der Waals surface area contributed by atoms with Gasteiger partial charge in [-0.3, -0.25) is 4.79 Å². The second-order valence-electron chi connectivity index (χ2n) is 10.2. The first-order valence-electron chi connectivity index (χ1n) is 11.7. The van der Waals surface area contributed by atoms with Gasteiger partial charge in [0, 0.05) is 12.1 Å². The van der Waals surface area contributed by atoms with E-state index >= 15 is 0 Å². The van der Waals surface area contributed by atoms with Crippen LogP contribution >= 0.6 is 0 Å². The van der Waals surface area contributed by atoms with Gasteiger partial charge >= 0.3 is 6.09 Å². The van der Waals surface area contributed by atoms with E-state index in [0.29, 0.717) is 5.56 Å². The molecule has 2 aliphatic carbocycles. The number of nitrogens with one attached hydrogen (secondary N) is 2. The summed E-state index contributed by atoms with van der Waals surface area (Å²) in [5, 5.41) is 8.73. The number of aryl methyl sites for hydroxylation is 2. The molecule has 0 atom stereocenters. The van der Waals surface area contributed by atoms with E-state index in [1.165, 1.54) is 27.5 Å². The van der Waals surface area contributed by atoms with Gasteiger partial charge in [-0.2, -0.15) is 0 Å². The molecule has 5 rings (SSSR count). The highest BCUT2D eigenvalue weighted by molar-refractivity contribution is 5.98. The Morgan fingerprint density at radius 2 is 1.67 bits per heavy atom. The van der Waals surface area contributed by atoms with E-state index in [4.69, 9.17) is 4.74 Å².